The average Bonchev–Trinajstić information content (AvgIpc) is 2.79. The van der Waals surface area contributed by atoms with Crippen molar-refractivity contribution in [1.82, 2.24) is 14.9 Å². The lowest BCUT2D eigenvalue weighted by Gasteiger charge is -2.22. The van der Waals surface area contributed by atoms with Crippen LogP contribution in [-0.4, -0.2) is 46.7 Å². The lowest BCUT2D eigenvalue weighted by molar-refractivity contribution is -0.127. The van der Waals surface area contributed by atoms with Gasteiger partial charge < -0.3 is 25.2 Å². The van der Waals surface area contributed by atoms with Gasteiger partial charge in [0.05, 0.1) is 37.1 Å². The van der Waals surface area contributed by atoms with E-state index in [0.717, 1.165) is 4.57 Å². The Morgan fingerprint density at radius 3 is 2.42 bits per heavy atom. The van der Waals surface area contributed by atoms with E-state index in [9.17, 15) is 19.5 Å². The number of carbonyl (C=O) groups is 2. The molecule has 2 aromatic carbocycles. The minimum Gasteiger partial charge on any atom is -0.506 e. The Kier molecular flexibility index (Phi) is 7.17. The summed E-state index contributed by atoms with van der Waals surface area (Å²) < 4.78 is 11.6. The van der Waals surface area contributed by atoms with Gasteiger partial charge in [-0.1, -0.05) is 26.0 Å². The molecule has 0 spiro atoms. The van der Waals surface area contributed by atoms with Gasteiger partial charge in [-0.15, -0.1) is 0 Å². The molecular weight excluding hydrogens is 428 g/mol. The minimum atomic E-state index is -0.884. The zero-order chi connectivity index (χ0) is 24.1. The molecule has 10 heteroatoms. The van der Waals surface area contributed by atoms with Crippen LogP contribution in [0.25, 0.3) is 10.9 Å². The molecular formula is C23H26N4O6. The number of anilines is 1. The Morgan fingerprint density at radius 2 is 1.79 bits per heavy atom. The first-order valence-electron chi connectivity index (χ1n) is 10.2. The zero-order valence-electron chi connectivity index (χ0n) is 18.8. The third kappa shape index (κ3) is 5.22. The Morgan fingerprint density at radius 1 is 1.12 bits per heavy atom. The van der Waals surface area contributed by atoms with E-state index in [2.05, 4.69) is 15.6 Å². The standard InChI is InChI=1S/C23H26N4O6/c1-13(2)21(22(30)25-15-7-5-6-8-17(15)28)26-20(29)11-27-12-24-16-10-19(33-4)18(32-3)9-14(16)23(27)31/h5-10,12-13,21,28H,11H2,1-4H3,(H,25,30)(H,26,29). The quantitative estimate of drug-likeness (QED) is 0.443. The Hall–Kier alpha value is -4.08. The number of hydrogen-bond donors (Lipinski definition) is 3. The van der Waals surface area contributed by atoms with Crippen molar-refractivity contribution in [3.05, 3.63) is 53.1 Å². The first-order valence-corrected chi connectivity index (χ1v) is 10.2. The number of amides is 2. The Balaban J connectivity index is 1.79. The Labute approximate surface area is 190 Å². The van der Waals surface area contributed by atoms with E-state index in [1.807, 2.05) is 0 Å². The van der Waals surface area contributed by atoms with Crippen molar-refractivity contribution in [2.24, 2.45) is 5.92 Å². The Bertz CT molecular complexity index is 1240. The van der Waals surface area contributed by atoms with E-state index in [4.69, 9.17) is 9.47 Å². The number of fused-ring (bicyclic) bond motifs is 1. The van der Waals surface area contributed by atoms with Gasteiger partial charge in [0.1, 0.15) is 18.3 Å². The molecule has 0 bridgehead atoms. The minimum absolute atomic E-state index is 0.0828. The molecule has 3 rings (SSSR count). The number of benzene rings is 2. The SMILES string of the molecule is COc1cc2ncn(CC(=O)NC(C(=O)Nc3ccccc3O)C(C)C)c(=O)c2cc1OC. The van der Waals surface area contributed by atoms with Crippen molar-refractivity contribution in [2.45, 2.75) is 26.4 Å². The van der Waals surface area contributed by atoms with E-state index >= 15 is 0 Å². The van der Waals surface area contributed by atoms with Crippen LogP contribution < -0.4 is 25.7 Å². The number of methoxy groups -OCH3 is 2. The van der Waals surface area contributed by atoms with Crippen LogP contribution in [0.3, 0.4) is 0 Å². The number of aromatic hydroxyl groups is 1. The molecule has 0 saturated heterocycles. The van der Waals surface area contributed by atoms with Crippen molar-refractivity contribution in [3.8, 4) is 17.2 Å². The number of nitrogens with zero attached hydrogens (tertiary/aromatic N) is 2. The molecule has 1 unspecified atom stereocenters. The van der Waals surface area contributed by atoms with Crippen LogP contribution in [0.15, 0.2) is 47.5 Å². The zero-order valence-corrected chi connectivity index (χ0v) is 18.8. The number of rotatable bonds is 8. The molecule has 0 aliphatic rings. The van der Waals surface area contributed by atoms with Gasteiger partial charge in [0.15, 0.2) is 11.5 Å². The van der Waals surface area contributed by atoms with Gasteiger partial charge in [-0.2, -0.15) is 0 Å². The molecule has 174 valence electrons. The summed E-state index contributed by atoms with van der Waals surface area (Å²) >= 11 is 0. The number of phenolic OH excluding ortho intramolecular Hbond substituents is 1. The average molecular weight is 454 g/mol. The predicted molar refractivity (Wildman–Crippen MR) is 123 cm³/mol. The summed E-state index contributed by atoms with van der Waals surface area (Å²) in [4.78, 5) is 42.6. The number of hydrogen-bond acceptors (Lipinski definition) is 7. The monoisotopic (exact) mass is 454 g/mol. The van der Waals surface area contributed by atoms with Crippen molar-refractivity contribution < 1.29 is 24.2 Å². The predicted octanol–water partition coefficient (Wildman–Crippen LogP) is 1.90. The highest BCUT2D eigenvalue weighted by Crippen LogP contribution is 2.29. The summed E-state index contributed by atoms with van der Waals surface area (Å²) in [5.41, 5.74) is 0.203. The largest absolute Gasteiger partial charge is 0.506 e. The molecule has 1 aromatic heterocycles. The van der Waals surface area contributed by atoms with Gasteiger partial charge in [-0.05, 0) is 24.1 Å². The van der Waals surface area contributed by atoms with Gasteiger partial charge in [0.25, 0.3) is 5.56 Å². The summed E-state index contributed by atoms with van der Waals surface area (Å²) in [6, 6.07) is 8.51. The van der Waals surface area contributed by atoms with Crippen molar-refractivity contribution in [1.29, 1.82) is 0 Å². The van der Waals surface area contributed by atoms with Crippen LogP contribution in [0.2, 0.25) is 0 Å². The van der Waals surface area contributed by atoms with E-state index < -0.39 is 23.4 Å². The normalized spacial score (nSPS) is 11.8. The molecule has 33 heavy (non-hydrogen) atoms. The summed E-state index contributed by atoms with van der Waals surface area (Å²) in [6.45, 7) is 3.22. The fourth-order valence-corrected chi connectivity index (χ4v) is 3.30. The van der Waals surface area contributed by atoms with Gasteiger partial charge >= 0.3 is 0 Å². The van der Waals surface area contributed by atoms with Crippen molar-refractivity contribution in [3.63, 3.8) is 0 Å². The molecule has 0 radical (unpaired) electrons. The molecule has 3 N–H and O–H groups in total. The number of phenols is 1. The molecule has 0 fully saturated rings. The maximum absolute atomic E-state index is 12.9. The maximum Gasteiger partial charge on any atom is 0.261 e. The lowest BCUT2D eigenvalue weighted by atomic mass is 10.0. The summed E-state index contributed by atoms with van der Waals surface area (Å²) in [5, 5.41) is 15.4. The molecule has 1 atom stereocenters. The maximum atomic E-state index is 12.9. The van der Waals surface area contributed by atoms with Gasteiger partial charge in [0, 0.05) is 6.07 Å². The number of ether oxygens (including phenoxy) is 2. The molecule has 10 nitrogen and oxygen atoms in total. The highest BCUT2D eigenvalue weighted by atomic mass is 16.5. The van der Waals surface area contributed by atoms with E-state index in [0.29, 0.717) is 17.0 Å². The van der Waals surface area contributed by atoms with Gasteiger partial charge in [-0.3, -0.25) is 19.0 Å². The fraction of sp³-hybridized carbons (Fsp3) is 0.304. The highest BCUT2D eigenvalue weighted by Gasteiger charge is 2.25. The van der Waals surface area contributed by atoms with Crippen LogP contribution in [0.1, 0.15) is 13.8 Å². The molecule has 1 heterocycles. The summed E-state index contributed by atoms with van der Waals surface area (Å²) in [5.74, 6) is -0.552. The lowest BCUT2D eigenvalue weighted by Crippen LogP contribution is -2.48. The van der Waals surface area contributed by atoms with Gasteiger partial charge in [-0.25, -0.2) is 4.98 Å². The van der Waals surface area contributed by atoms with E-state index in [1.54, 1.807) is 38.1 Å². The fourth-order valence-electron chi connectivity index (χ4n) is 3.30. The second-order valence-electron chi connectivity index (χ2n) is 7.70. The van der Waals surface area contributed by atoms with Crippen molar-refractivity contribution >= 4 is 28.4 Å². The van der Waals surface area contributed by atoms with Crippen LogP contribution in [0, 0.1) is 5.92 Å². The second kappa shape index (κ2) is 10.0. The number of carbonyl (C=O) groups excluding carboxylic acids is 2. The van der Waals surface area contributed by atoms with Crippen LogP contribution >= 0.6 is 0 Å². The number of nitrogens with one attached hydrogen (secondary N) is 2. The van der Waals surface area contributed by atoms with E-state index in [-0.39, 0.29) is 29.3 Å². The first kappa shape index (κ1) is 23.6. The summed E-state index contributed by atoms with van der Waals surface area (Å²) in [7, 11) is 2.94. The number of para-hydroxylation sites is 2. The smallest absolute Gasteiger partial charge is 0.261 e. The molecule has 2 amide bonds. The number of aromatic nitrogens is 2. The molecule has 3 aromatic rings. The van der Waals surface area contributed by atoms with Crippen LogP contribution in [0.5, 0.6) is 17.2 Å². The second-order valence-corrected chi connectivity index (χ2v) is 7.70. The molecule has 0 saturated carbocycles. The van der Waals surface area contributed by atoms with E-state index in [1.165, 1.54) is 32.7 Å². The highest BCUT2D eigenvalue weighted by molar-refractivity contribution is 5.98. The third-order valence-corrected chi connectivity index (χ3v) is 5.07. The van der Waals surface area contributed by atoms with Crippen molar-refractivity contribution in [2.75, 3.05) is 19.5 Å². The first-order chi connectivity index (χ1) is 15.7. The molecule has 0 aliphatic heterocycles. The molecule has 0 aliphatic carbocycles. The van der Waals surface area contributed by atoms with Crippen LogP contribution in [-0.2, 0) is 16.1 Å². The van der Waals surface area contributed by atoms with Gasteiger partial charge in [0.2, 0.25) is 11.8 Å². The van der Waals surface area contributed by atoms with Crippen LogP contribution in [0.4, 0.5) is 5.69 Å². The third-order valence-electron chi connectivity index (χ3n) is 5.07. The summed E-state index contributed by atoms with van der Waals surface area (Å²) in [6.07, 6.45) is 1.27. The topological polar surface area (TPSA) is 132 Å².